The van der Waals surface area contributed by atoms with Crippen molar-refractivity contribution in [2.75, 3.05) is 0 Å². The maximum Gasteiger partial charge on any atom is 0.0406 e. The van der Waals surface area contributed by atoms with Gasteiger partial charge in [0.2, 0.25) is 0 Å². The molecule has 0 aromatic heterocycles. The Hall–Kier alpha value is -1.01. The molecule has 0 saturated carbocycles. The maximum absolute atomic E-state index is 5.95. The van der Waals surface area contributed by atoms with Crippen LogP contribution in [0.15, 0.2) is 48.1 Å². The molecule has 0 radical (unpaired) electrons. The van der Waals surface area contributed by atoms with E-state index in [0.717, 1.165) is 5.02 Å². The molecule has 1 atom stereocenters. The molecule has 1 heteroatoms. The molecular weight excluding hydrogens is 228 g/mol. The van der Waals surface area contributed by atoms with Gasteiger partial charge in [-0.25, -0.2) is 0 Å². The lowest BCUT2D eigenvalue weighted by Crippen LogP contribution is -2.09. The minimum absolute atomic E-state index is 0.490. The van der Waals surface area contributed by atoms with Crippen LogP contribution in [0.3, 0.4) is 0 Å². The van der Waals surface area contributed by atoms with E-state index in [1.54, 1.807) is 0 Å². The Labute approximate surface area is 109 Å². The third-order valence-electron chi connectivity index (χ3n) is 3.28. The van der Waals surface area contributed by atoms with Gasteiger partial charge < -0.3 is 0 Å². The van der Waals surface area contributed by atoms with E-state index in [9.17, 15) is 0 Å². The van der Waals surface area contributed by atoms with Crippen LogP contribution in [-0.2, 0) is 0 Å². The van der Waals surface area contributed by atoms with Gasteiger partial charge in [0.15, 0.2) is 0 Å². The van der Waals surface area contributed by atoms with Gasteiger partial charge in [-0.15, -0.1) is 0 Å². The molecule has 0 amide bonds. The van der Waals surface area contributed by atoms with Gasteiger partial charge in [-0.2, -0.15) is 0 Å². The normalized spacial score (nSPS) is 17.1. The predicted molar refractivity (Wildman–Crippen MR) is 75.5 cm³/mol. The zero-order valence-corrected chi connectivity index (χ0v) is 11.2. The summed E-state index contributed by atoms with van der Waals surface area (Å²) >= 11 is 5.95. The average Bonchev–Trinajstić information content (AvgIpc) is 2.33. The third-order valence-corrected chi connectivity index (χ3v) is 3.53. The summed E-state index contributed by atoms with van der Waals surface area (Å²) in [6, 6.07) is 8.27. The molecule has 90 valence electrons. The first-order valence-electron chi connectivity index (χ1n) is 6.30. The quantitative estimate of drug-likeness (QED) is 0.674. The second kappa shape index (κ2) is 5.55. The Morgan fingerprint density at radius 3 is 2.29 bits per heavy atom. The number of halogens is 1. The zero-order chi connectivity index (χ0) is 12.3. The molecule has 0 saturated heterocycles. The van der Waals surface area contributed by atoms with Crippen LogP contribution in [0.1, 0.15) is 38.2 Å². The van der Waals surface area contributed by atoms with E-state index < -0.39 is 0 Å². The van der Waals surface area contributed by atoms with Crippen LogP contribution in [0.4, 0.5) is 0 Å². The van der Waals surface area contributed by atoms with Crippen molar-refractivity contribution in [3.63, 3.8) is 0 Å². The van der Waals surface area contributed by atoms with Crippen LogP contribution >= 0.6 is 11.6 Å². The predicted octanol–water partition coefficient (Wildman–Crippen LogP) is 5.36. The van der Waals surface area contributed by atoms with Crippen LogP contribution in [0.5, 0.6) is 0 Å². The molecule has 0 spiro atoms. The van der Waals surface area contributed by atoms with Crippen LogP contribution in [0, 0.1) is 5.92 Å². The number of benzene rings is 1. The van der Waals surface area contributed by atoms with Crippen molar-refractivity contribution in [1.82, 2.24) is 0 Å². The van der Waals surface area contributed by atoms with Crippen molar-refractivity contribution in [2.45, 2.75) is 32.6 Å². The molecule has 0 aliphatic heterocycles. The first-order valence-corrected chi connectivity index (χ1v) is 6.68. The first-order chi connectivity index (χ1) is 8.18. The summed E-state index contributed by atoms with van der Waals surface area (Å²) in [4.78, 5) is 0. The van der Waals surface area contributed by atoms with E-state index in [1.165, 1.54) is 24.0 Å². The molecule has 1 unspecified atom stereocenters. The van der Waals surface area contributed by atoms with Crippen molar-refractivity contribution in [3.8, 4) is 0 Å². The fourth-order valence-electron chi connectivity index (χ4n) is 2.50. The minimum Gasteiger partial charge on any atom is -0.0843 e. The summed E-state index contributed by atoms with van der Waals surface area (Å²) in [5, 5.41) is 0.810. The van der Waals surface area contributed by atoms with Crippen molar-refractivity contribution in [1.29, 1.82) is 0 Å². The number of hydrogen-bond donors (Lipinski definition) is 0. The Kier molecular flexibility index (Phi) is 4.06. The van der Waals surface area contributed by atoms with E-state index >= 15 is 0 Å². The molecule has 1 aliphatic rings. The highest BCUT2D eigenvalue weighted by molar-refractivity contribution is 6.30. The van der Waals surface area contributed by atoms with Gasteiger partial charge in [-0.05, 0) is 42.0 Å². The number of hydrogen-bond acceptors (Lipinski definition) is 0. The SMILES string of the molecule is CC(C)C(C1=CCCC=C1)c1ccc(Cl)cc1. The number of allylic oxidation sites excluding steroid dienone is 4. The molecule has 2 rings (SSSR count). The topological polar surface area (TPSA) is 0 Å². The van der Waals surface area contributed by atoms with E-state index in [4.69, 9.17) is 11.6 Å². The lowest BCUT2D eigenvalue weighted by molar-refractivity contribution is 0.559. The third kappa shape index (κ3) is 3.01. The molecule has 17 heavy (non-hydrogen) atoms. The molecule has 1 aromatic rings. The van der Waals surface area contributed by atoms with Crippen molar-refractivity contribution in [3.05, 3.63) is 58.7 Å². The second-order valence-corrected chi connectivity index (χ2v) is 5.39. The highest BCUT2D eigenvalue weighted by Gasteiger charge is 2.19. The van der Waals surface area contributed by atoms with Gasteiger partial charge in [0.05, 0.1) is 0 Å². The highest BCUT2D eigenvalue weighted by Crippen LogP contribution is 2.34. The second-order valence-electron chi connectivity index (χ2n) is 4.96. The Bertz CT molecular complexity index is 423. The van der Waals surface area contributed by atoms with Gasteiger partial charge in [0.25, 0.3) is 0 Å². The summed E-state index contributed by atoms with van der Waals surface area (Å²) in [5.74, 6) is 1.09. The first kappa shape index (κ1) is 12.4. The average molecular weight is 247 g/mol. The monoisotopic (exact) mass is 246 g/mol. The Morgan fingerprint density at radius 2 is 1.76 bits per heavy atom. The summed E-state index contributed by atoms with van der Waals surface area (Å²) in [5.41, 5.74) is 2.82. The van der Waals surface area contributed by atoms with Crippen LogP contribution in [0.2, 0.25) is 5.02 Å². The van der Waals surface area contributed by atoms with Gasteiger partial charge >= 0.3 is 0 Å². The lowest BCUT2D eigenvalue weighted by Gasteiger charge is -2.24. The van der Waals surface area contributed by atoms with Crippen molar-refractivity contribution < 1.29 is 0 Å². The van der Waals surface area contributed by atoms with E-state index in [0.29, 0.717) is 11.8 Å². The Morgan fingerprint density at radius 1 is 1.06 bits per heavy atom. The van der Waals surface area contributed by atoms with E-state index in [1.807, 2.05) is 12.1 Å². The van der Waals surface area contributed by atoms with Crippen molar-refractivity contribution >= 4 is 11.6 Å². The lowest BCUT2D eigenvalue weighted by atomic mass is 9.80. The molecule has 0 nitrogen and oxygen atoms in total. The van der Waals surface area contributed by atoms with E-state index in [2.05, 4.69) is 44.2 Å². The molecule has 0 N–H and O–H groups in total. The highest BCUT2D eigenvalue weighted by atomic mass is 35.5. The van der Waals surface area contributed by atoms with Gasteiger partial charge in [-0.1, -0.05) is 55.8 Å². The molecule has 1 aliphatic carbocycles. The van der Waals surface area contributed by atoms with Gasteiger partial charge in [-0.3, -0.25) is 0 Å². The Balaban J connectivity index is 2.32. The molecule has 1 aromatic carbocycles. The smallest absolute Gasteiger partial charge is 0.0406 e. The molecular formula is C16H19Cl. The molecule has 0 heterocycles. The fourth-order valence-corrected chi connectivity index (χ4v) is 2.62. The summed E-state index contributed by atoms with van der Waals surface area (Å²) in [7, 11) is 0. The van der Waals surface area contributed by atoms with Gasteiger partial charge in [0.1, 0.15) is 0 Å². The maximum atomic E-state index is 5.95. The summed E-state index contributed by atoms with van der Waals surface area (Å²) < 4.78 is 0. The standard InChI is InChI=1S/C16H19Cl/c1-12(2)16(13-6-4-3-5-7-13)14-8-10-15(17)11-9-14/h4,6-12,16H,3,5H2,1-2H3. The van der Waals surface area contributed by atoms with Crippen LogP contribution < -0.4 is 0 Å². The fraction of sp³-hybridized carbons (Fsp3) is 0.375. The minimum atomic E-state index is 0.490. The molecule has 0 bridgehead atoms. The number of rotatable bonds is 3. The van der Waals surface area contributed by atoms with E-state index in [-0.39, 0.29) is 0 Å². The summed E-state index contributed by atoms with van der Waals surface area (Å²) in [6.07, 6.45) is 9.28. The molecule has 0 fully saturated rings. The van der Waals surface area contributed by atoms with Crippen molar-refractivity contribution in [2.24, 2.45) is 5.92 Å². The zero-order valence-electron chi connectivity index (χ0n) is 10.5. The van der Waals surface area contributed by atoms with Crippen LogP contribution in [0.25, 0.3) is 0 Å². The van der Waals surface area contributed by atoms with Gasteiger partial charge in [0, 0.05) is 10.9 Å². The largest absolute Gasteiger partial charge is 0.0843 e. The summed E-state index contributed by atoms with van der Waals surface area (Å²) in [6.45, 7) is 4.56. The van der Waals surface area contributed by atoms with Crippen LogP contribution in [-0.4, -0.2) is 0 Å².